The topological polar surface area (TPSA) is 84.7 Å². The summed E-state index contributed by atoms with van der Waals surface area (Å²) in [6.45, 7) is 1.34. The van der Waals surface area contributed by atoms with E-state index in [0.29, 0.717) is 35.1 Å². The fourth-order valence-corrected chi connectivity index (χ4v) is 7.41. The minimum Gasteiger partial charge on any atom is -0.483 e. The fourth-order valence-electron chi connectivity index (χ4n) is 5.59. The van der Waals surface area contributed by atoms with E-state index in [1.807, 2.05) is 47.4 Å². The summed E-state index contributed by atoms with van der Waals surface area (Å²) in [5, 5.41) is 4.96. The first-order chi connectivity index (χ1) is 19.9. The summed E-state index contributed by atoms with van der Waals surface area (Å²) < 4.78 is 36.8. The van der Waals surface area contributed by atoms with Crippen LogP contribution in [-0.4, -0.2) is 54.8 Å². The summed E-state index contributed by atoms with van der Waals surface area (Å²) in [5.74, 6) is 0.248. The largest absolute Gasteiger partial charge is 0.483 e. The first kappa shape index (κ1) is 27.5. The lowest BCUT2D eigenvalue weighted by Crippen LogP contribution is -2.49. The molecule has 2 aliphatic rings. The maximum Gasteiger partial charge on any atom is 0.316 e. The van der Waals surface area contributed by atoms with Crippen LogP contribution in [-0.2, 0) is 10.0 Å². The van der Waals surface area contributed by atoms with E-state index in [1.165, 1.54) is 8.99 Å². The second kappa shape index (κ2) is 11.7. The maximum atomic E-state index is 13.8. The molecular weight excluding hydrogens is 560 g/mol. The number of hydrogen-bond donors (Lipinski definition) is 0. The van der Waals surface area contributed by atoms with Gasteiger partial charge in [0.2, 0.25) is 15.8 Å². The van der Waals surface area contributed by atoms with Gasteiger partial charge in [0.25, 0.3) is 0 Å². The Morgan fingerprint density at radius 1 is 0.854 bits per heavy atom. The molecule has 0 N–H and O–H groups in total. The van der Waals surface area contributed by atoms with E-state index < -0.39 is 10.0 Å². The molecule has 212 valence electrons. The Hall–Kier alpha value is -3.66. The number of nitrogens with zero attached hydrogens (tertiary/aromatic N) is 4. The van der Waals surface area contributed by atoms with Crippen molar-refractivity contribution >= 4 is 27.3 Å². The Kier molecular flexibility index (Phi) is 7.84. The van der Waals surface area contributed by atoms with Gasteiger partial charge >= 0.3 is 5.56 Å². The maximum absolute atomic E-state index is 13.8. The predicted octanol–water partition coefficient (Wildman–Crippen LogP) is 5.39. The van der Waals surface area contributed by atoms with Crippen molar-refractivity contribution < 1.29 is 13.2 Å². The summed E-state index contributed by atoms with van der Waals surface area (Å²) in [4.78, 5) is 16.0. The Morgan fingerprint density at radius 3 is 2.29 bits per heavy atom. The third-order valence-corrected chi connectivity index (χ3v) is 9.92. The number of hydrogen-bond acceptors (Lipinski definition) is 6. The summed E-state index contributed by atoms with van der Waals surface area (Å²) in [5.41, 5.74) is 2.31. The van der Waals surface area contributed by atoms with E-state index in [0.717, 1.165) is 31.2 Å². The molecule has 0 spiro atoms. The number of sulfonamides is 1. The van der Waals surface area contributed by atoms with Crippen molar-refractivity contribution in [1.29, 1.82) is 0 Å². The number of ether oxygens (including phenoxy) is 1. The second-order valence-corrected chi connectivity index (χ2v) is 12.7. The van der Waals surface area contributed by atoms with Gasteiger partial charge in [0.1, 0.15) is 5.69 Å². The van der Waals surface area contributed by atoms with Gasteiger partial charge in [0.05, 0.1) is 22.9 Å². The SMILES string of the molecule is O=c1c(OC2CCCC2)c(N2CCN(S(=O)(=O)c3ccccc3-c3ccccc3)CC2)cnn1-c1cccc(Cl)c1. The number of aromatic nitrogens is 2. The zero-order valence-corrected chi connectivity index (χ0v) is 24.1. The molecule has 2 fully saturated rings. The minimum absolute atomic E-state index is 0.0344. The van der Waals surface area contributed by atoms with Gasteiger partial charge in [0.15, 0.2) is 0 Å². The van der Waals surface area contributed by atoms with Crippen molar-refractivity contribution in [3.05, 3.63) is 100 Å². The van der Waals surface area contributed by atoms with Gasteiger partial charge in [-0.05, 0) is 55.5 Å². The van der Waals surface area contributed by atoms with E-state index in [1.54, 1.807) is 42.6 Å². The highest BCUT2D eigenvalue weighted by atomic mass is 35.5. The number of anilines is 1. The van der Waals surface area contributed by atoms with Crippen LogP contribution in [0.15, 0.2) is 94.7 Å². The van der Waals surface area contributed by atoms with Gasteiger partial charge in [-0.15, -0.1) is 0 Å². The number of rotatable bonds is 7. The van der Waals surface area contributed by atoms with E-state index in [2.05, 4.69) is 5.10 Å². The van der Waals surface area contributed by atoms with Crippen molar-refractivity contribution in [1.82, 2.24) is 14.1 Å². The Morgan fingerprint density at radius 2 is 1.56 bits per heavy atom. The van der Waals surface area contributed by atoms with E-state index in [-0.39, 0.29) is 35.4 Å². The molecule has 10 heteroatoms. The molecule has 4 aromatic rings. The van der Waals surface area contributed by atoms with Gasteiger partial charge in [-0.25, -0.2) is 8.42 Å². The quantitative estimate of drug-likeness (QED) is 0.287. The van der Waals surface area contributed by atoms with E-state index in [4.69, 9.17) is 16.3 Å². The zero-order chi connectivity index (χ0) is 28.4. The molecule has 0 unspecified atom stereocenters. The van der Waals surface area contributed by atoms with Crippen molar-refractivity contribution in [2.24, 2.45) is 0 Å². The third kappa shape index (κ3) is 5.62. The molecule has 0 radical (unpaired) electrons. The van der Waals surface area contributed by atoms with Crippen LogP contribution in [0.5, 0.6) is 5.75 Å². The van der Waals surface area contributed by atoms with Gasteiger partial charge in [0, 0.05) is 36.8 Å². The minimum atomic E-state index is -3.75. The van der Waals surface area contributed by atoms with Crippen LogP contribution in [0.3, 0.4) is 0 Å². The number of piperazine rings is 1. The average molecular weight is 591 g/mol. The summed E-state index contributed by atoms with van der Waals surface area (Å²) in [7, 11) is -3.75. The Bertz CT molecular complexity index is 1700. The molecule has 8 nitrogen and oxygen atoms in total. The smallest absolute Gasteiger partial charge is 0.316 e. The van der Waals surface area contributed by atoms with Crippen LogP contribution in [0.25, 0.3) is 16.8 Å². The van der Waals surface area contributed by atoms with E-state index >= 15 is 0 Å². The highest BCUT2D eigenvalue weighted by Crippen LogP contribution is 2.33. The van der Waals surface area contributed by atoms with Crippen LogP contribution in [0, 0.1) is 0 Å². The summed E-state index contributed by atoms with van der Waals surface area (Å²) in [6.07, 6.45) is 5.52. The third-order valence-electron chi connectivity index (χ3n) is 7.72. The normalized spacial score (nSPS) is 16.7. The Labute approximate surface area is 244 Å². The molecule has 0 bridgehead atoms. The van der Waals surface area contributed by atoms with Crippen LogP contribution in [0.2, 0.25) is 5.02 Å². The summed E-state index contributed by atoms with van der Waals surface area (Å²) in [6, 6.07) is 23.6. The van der Waals surface area contributed by atoms with Crippen molar-refractivity contribution in [2.45, 2.75) is 36.7 Å². The van der Waals surface area contributed by atoms with Crippen molar-refractivity contribution in [2.75, 3.05) is 31.1 Å². The highest BCUT2D eigenvalue weighted by molar-refractivity contribution is 7.89. The molecular formula is C31H31ClN4O4S. The van der Waals surface area contributed by atoms with Crippen LogP contribution in [0.4, 0.5) is 5.69 Å². The Balaban J connectivity index is 1.28. The van der Waals surface area contributed by atoms with Crippen molar-refractivity contribution in [3.8, 4) is 22.6 Å². The second-order valence-electron chi connectivity index (χ2n) is 10.3. The van der Waals surface area contributed by atoms with Crippen LogP contribution >= 0.6 is 11.6 Å². The molecule has 0 amide bonds. The summed E-state index contributed by atoms with van der Waals surface area (Å²) >= 11 is 6.18. The molecule has 1 aliphatic heterocycles. The molecule has 1 aromatic heterocycles. The van der Waals surface area contributed by atoms with Gasteiger partial charge in [-0.1, -0.05) is 66.2 Å². The molecule has 41 heavy (non-hydrogen) atoms. The lowest BCUT2D eigenvalue weighted by atomic mass is 10.1. The molecule has 1 saturated heterocycles. The lowest BCUT2D eigenvalue weighted by molar-refractivity contribution is 0.205. The molecule has 2 heterocycles. The molecule has 1 aliphatic carbocycles. The fraction of sp³-hybridized carbons (Fsp3) is 0.290. The van der Waals surface area contributed by atoms with Gasteiger partial charge in [-0.3, -0.25) is 4.79 Å². The molecule has 0 atom stereocenters. The number of halogens is 1. The lowest BCUT2D eigenvalue weighted by Gasteiger charge is -2.36. The molecule has 6 rings (SSSR count). The number of benzene rings is 3. The van der Waals surface area contributed by atoms with Crippen LogP contribution in [0.1, 0.15) is 25.7 Å². The van der Waals surface area contributed by atoms with Crippen LogP contribution < -0.4 is 15.2 Å². The van der Waals surface area contributed by atoms with Crippen molar-refractivity contribution in [3.63, 3.8) is 0 Å². The van der Waals surface area contributed by atoms with Gasteiger partial charge in [-0.2, -0.15) is 14.1 Å². The first-order valence-corrected chi connectivity index (χ1v) is 15.7. The molecule has 1 saturated carbocycles. The monoisotopic (exact) mass is 590 g/mol. The van der Waals surface area contributed by atoms with Gasteiger partial charge < -0.3 is 9.64 Å². The zero-order valence-electron chi connectivity index (χ0n) is 22.5. The highest BCUT2D eigenvalue weighted by Gasteiger charge is 2.32. The molecule has 3 aromatic carbocycles. The average Bonchev–Trinajstić information content (AvgIpc) is 3.52. The van der Waals surface area contributed by atoms with E-state index in [9.17, 15) is 13.2 Å². The predicted molar refractivity (Wildman–Crippen MR) is 161 cm³/mol. The standard InChI is InChI=1S/C31H31ClN4O4S/c32-24-11-8-12-25(21-24)36-31(37)30(40-26-13-4-5-14-26)28(22-33-36)34-17-19-35(20-18-34)41(38,39)29-16-7-6-15-27(29)23-9-2-1-3-10-23/h1-3,6-12,15-16,21-22,26H,4-5,13-14,17-20H2. The first-order valence-electron chi connectivity index (χ1n) is 13.9.